The van der Waals surface area contributed by atoms with Crippen molar-refractivity contribution in [2.24, 2.45) is 7.05 Å². The molecule has 0 bridgehead atoms. The van der Waals surface area contributed by atoms with E-state index >= 15 is 0 Å². The number of nitriles is 1. The molecule has 0 aliphatic heterocycles. The van der Waals surface area contributed by atoms with Gasteiger partial charge in [-0.15, -0.1) is 0 Å². The second-order valence-electron chi connectivity index (χ2n) is 5.60. The molecule has 4 rings (SSSR count). The summed E-state index contributed by atoms with van der Waals surface area (Å²) in [7, 11) is 1.80. The first-order chi connectivity index (χ1) is 13.1. The number of aromatic nitrogens is 4. The molecule has 132 valence electrons. The summed E-state index contributed by atoms with van der Waals surface area (Å²) >= 11 is 3.41. The van der Waals surface area contributed by atoms with Gasteiger partial charge < -0.3 is 9.47 Å². The topological polar surface area (TPSA) is 85.9 Å². The van der Waals surface area contributed by atoms with Crippen molar-refractivity contribution in [3.8, 4) is 29.2 Å². The van der Waals surface area contributed by atoms with Crippen LogP contribution >= 0.6 is 15.9 Å². The summed E-state index contributed by atoms with van der Waals surface area (Å²) in [5.74, 6) is 2.33. The van der Waals surface area contributed by atoms with Gasteiger partial charge in [-0.3, -0.25) is 0 Å². The Labute approximate surface area is 162 Å². The number of rotatable bonds is 4. The Morgan fingerprint density at radius 2 is 1.52 bits per heavy atom. The summed E-state index contributed by atoms with van der Waals surface area (Å²) in [6.07, 6.45) is 1.44. The summed E-state index contributed by atoms with van der Waals surface area (Å²) in [5, 5.41) is 13.8. The van der Waals surface area contributed by atoms with Crippen molar-refractivity contribution in [2.75, 3.05) is 0 Å². The van der Waals surface area contributed by atoms with Crippen molar-refractivity contribution in [2.45, 2.75) is 0 Å². The van der Waals surface area contributed by atoms with Crippen molar-refractivity contribution >= 4 is 27.0 Å². The van der Waals surface area contributed by atoms with Gasteiger partial charge in [-0.25, -0.2) is 14.6 Å². The molecule has 0 radical (unpaired) electrons. The third-order valence-corrected chi connectivity index (χ3v) is 4.36. The van der Waals surface area contributed by atoms with Crippen LogP contribution in [0.2, 0.25) is 0 Å². The molecular weight excluding hydrogens is 410 g/mol. The molecule has 0 N–H and O–H groups in total. The van der Waals surface area contributed by atoms with Gasteiger partial charge in [0.1, 0.15) is 33.6 Å². The van der Waals surface area contributed by atoms with Crippen LogP contribution in [-0.4, -0.2) is 19.7 Å². The van der Waals surface area contributed by atoms with Crippen molar-refractivity contribution in [1.29, 1.82) is 5.26 Å². The van der Waals surface area contributed by atoms with Crippen LogP contribution in [-0.2, 0) is 7.05 Å². The SMILES string of the molecule is Cn1nc(Br)c2c(Oc3ccc(Oc4ccc(C#N)cc4)cc3)ncnc21. The average molecular weight is 422 g/mol. The first kappa shape index (κ1) is 17.0. The Kier molecular flexibility index (Phi) is 4.44. The second-order valence-corrected chi connectivity index (χ2v) is 6.35. The van der Waals surface area contributed by atoms with E-state index in [4.69, 9.17) is 14.7 Å². The maximum atomic E-state index is 8.83. The minimum Gasteiger partial charge on any atom is -0.457 e. The lowest BCUT2D eigenvalue weighted by Crippen LogP contribution is -1.94. The van der Waals surface area contributed by atoms with Gasteiger partial charge in [-0.2, -0.15) is 10.4 Å². The third kappa shape index (κ3) is 3.45. The normalized spacial score (nSPS) is 10.6. The highest BCUT2D eigenvalue weighted by atomic mass is 79.9. The van der Waals surface area contributed by atoms with Crippen LogP contribution in [0.25, 0.3) is 11.0 Å². The molecular formula is C19H12BrN5O2. The zero-order chi connectivity index (χ0) is 18.8. The molecule has 27 heavy (non-hydrogen) atoms. The van der Waals surface area contributed by atoms with Gasteiger partial charge in [-0.1, -0.05) is 0 Å². The van der Waals surface area contributed by atoms with E-state index in [9.17, 15) is 0 Å². The van der Waals surface area contributed by atoms with Gasteiger partial charge in [-0.05, 0) is 64.5 Å². The number of halogens is 1. The highest BCUT2D eigenvalue weighted by Crippen LogP contribution is 2.32. The van der Waals surface area contributed by atoms with Crippen molar-refractivity contribution in [3.63, 3.8) is 0 Å². The molecule has 2 aromatic carbocycles. The lowest BCUT2D eigenvalue weighted by atomic mass is 10.2. The molecule has 2 aromatic heterocycles. The van der Waals surface area contributed by atoms with Gasteiger partial charge in [0.2, 0.25) is 5.88 Å². The number of hydrogen-bond donors (Lipinski definition) is 0. The average Bonchev–Trinajstić information content (AvgIpc) is 2.99. The van der Waals surface area contributed by atoms with E-state index < -0.39 is 0 Å². The van der Waals surface area contributed by atoms with E-state index in [1.54, 1.807) is 60.3 Å². The highest BCUT2D eigenvalue weighted by Gasteiger charge is 2.15. The standard InChI is InChI=1S/C19H12BrN5O2/c1-25-18-16(17(20)24-25)19(23-11-22-18)27-15-8-6-14(7-9-15)26-13-4-2-12(10-21)3-5-13/h2-9,11H,1H3. The maximum absolute atomic E-state index is 8.83. The maximum Gasteiger partial charge on any atom is 0.234 e. The number of ether oxygens (including phenoxy) is 2. The van der Waals surface area contributed by atoms with Gasteiger partial charge in [0.05, 0.1) is 11.6 Å². The minimum absolute atomic E-state index is 0.417. The predicted molar refractivity (Wildman–Crippen MR) is 102 cm³/mol. The van der Waals surface area contributed by atoms with Gasteiger partial charge >= 0.3 is 0 Å². The van der Waals surface area contributed by atoms with Crippen molar-refractivity contribution < 1.29 is 9.47 Å². The van der Waals surface area contributed by atoms with Gasteiger partial charge in [0.15, 0.2) is 5.65 Å². The largest absolute Gasteiger partial charge is 0.457 e. The van der Waals surface area contributed by atoms with E-state index in [1.165, 1.54) is 6.33 Å². The quantitative estimate of drug-likeness (QED) is 0.479. The van der Waals surface area contributed by atoms with E-state index in [0.29, 0.717) is 44.3 Å². The van der Waals surface area contributed by atoms with Crippen LogP contribution in [0.1, 0.15) is 5.56 Å². The van der Waals surface area contributed by atoms with Gasteiger partial charge in [0, 0.05) is 7.05 Å². The molecule has 0 aliphatic rings. The smallest absolute Gasteiger partial charge is 0.234 e. The van der Waals surface area contributed by atoms with E-state index in [-0.39, 0.29) is 0 Å². The molecule has 0 unspecified atom stereocenters. The molecule has 0 amide bonds. The van der Waals surface area contributed by atoms with E-state index in [2.05, 4.69) is 37.1 Å². The third-order valence-electron chi connectivity index (χ3n) is 3.80. The molecule has 4 aromatic rings. The summed E-state index contributed by atoms with van der Waals surface area (Å²) in [6.45, 7) is 0. The van der Waals surface area contributed by atoms with E-state index in [1.807, 2.05) is 0 Å². The zero-order valence-electron chi connectivity index (χ0n) is 14.1. The summed E-state index contributed by atoms with van der Waals surface area (Å²) in [6, 6.07) is 16.2. The number of fused-ring (bicyclic) bond motifs is 1. The van der Waals surface area contributed by atoms with Crippen LogP contribution in [0.15, 0.2) is 59.5 Å². The molecule has 8 heteroatoms. The summed E-state index contributed by atoms with van der Waals surface area (Å²) in [4.78, 5) is 8.42. The summed E-state index contributed by atoms with van der Waals surface area (Å²) in [5.41, 5.74) is 1.26. The fourth-order valence-electron chi connectivity index (χ4n) is 2.51. The summed E-state index contributed by atoms with van der Waals surface area (Å²) < 4.78 is 13.9. The first-order valence-corrected chi connectivity index (χ1v) is 8.72. The minimum atomic E-state index is 0.417. The van der Waals surface area contributed by atoms with Crippen molar-refractivity contribution in [3.05, 3.63) is 65.0 Å². The number of aryl methyl sites for hydroxylation is 1. The molecule has 0 aliphatic carbocycles. The van der Waals surface area contributed by atoms with Crippen LogP contribution in [0, 0.1) is 11.3 Å². The van der Waals surface area contributed by atoms with Crippen LogP contribution < -0.4 is 9.47 Å². The molecule has 0 atom stereocenters. The number of hydrogen-bond acceptors (Lipinski definition) is 6. The molecule has 0 saturated heterocycles. The predicted octanol–water partition coefficient (Wildman–Crippen LogP) is 4.58. The van der Waals surface area contributed by atoms with Gasteiger partial charge in [0.25, 0.3) is 0 Å². The fraction of sp³-hybridized carbons (Fsp3) is 0.0526. The van der Waals surface area contributed by atoms with Crippen molar-refractivity contribution in [1.82, 2.24) is 19.7 Å². The fourth-order valence-corrected chi connectivity index (χ4v) is 3.10. The Morgan fingerprint density at radius 1 is 0.926 bits per heavy atom. The van der Waals surface area contributed by atoms with Crippen LogP contribution in [0.5, 0.6) is 23.1 Å². The number of benzene rings is 2. The molecule has 0 spiro atoms. The van der Waals surface area contributed by atoms with Crippen LogP contribution in [0.4, 0.5) is 0 Å². The molecule has 0 fully saturated rings. The lowest BCUT2D eigenvalue weighted by molar-refractivity contribution is 0.460. The Morgan fingerprint density at radius 3 is 2.15 bits per heavy atom. The molecule has 2 heterocycles. The van der Waals surface area contributed by atoms with Crippen LogP contribution in [0.3, 0.4) is 0 Å². The first-order valence-electron chi connectivity index (χ1n) is 7.93. The Hall–Kier alpha value is -3.44. The second kappa shape index (κ2) is 7.05. The lowest BCUT2D eigenvalue weighted by Gasteiger charge is -2.08. The Bertz CT molecular complexity index is 1150. The Balaban J connectivity index is 1.54. The molecule has 7 nitrogen and oxygen atoms in total. The zero-order valence-corrected chi connectivity index (χ0v) is 15.7. The monoisotopic (exact) mass is 421 g/mol. The number of nitrogens with zero attached hydrogens (tertiary/aromatic N) is 5. The van der Waals surface area contributed by atoms with E-state index in [0.717, 1.165) is 0 Å². The highest BCUT2D eigenvalue weighted by molar-refractivity contribution is 9.10. The molecule has 0 saturated carbocycles.